The van der Waals surface area contributed by atoms with E-state index >= 15 is 0 Å². The molecule has 0 spiro atoms. The summed E-state index contributed by atoms with van der Waals surface area (Å²) in [7, 11) is 2.13. The van der Waals surface area contributed by atoms with Gasteiger partial charge in [0, 0.05) is 18.0 Å². The fraction of sp³-hybridized carbons (Fsp3) is 0.458. The SMILES string of the molecule is Cc1cccc2c(N3CC[NH+](CCn4cnc5sc6c(c5c4=O)CCN(C)C6)CC3)noc12. The molecule has 4 aromatic rings. The molecule has 1 aromatic carbocycles. The van der Waals surface area contributed by atoms with Crippen molar-refractivity contribution in [1.82, 2.24) is 19.6 Å². The third-order valence-corrected chi connectivity index (χ3v) is 8.30. The minimum absolute atomic E-state index is 0.129. The first kappa shape index (κ1) is 20.8. The van der Waals surface area contributed by atoms with Gasteiger partial charge in [0.15, 0.2) is 11.4 Å². The fourth-order valence-electron chi connectivity index (χ4n) is 5.18. The molecule has 5 heterocycles. The summed E-state index contributed by atoms with van der Waals surface area (Å²) in [4.78, 5) is 26.2. The third-order valence-electron chi connectivity index (χ3n) is 7.17. The second-order valence-corrected chi connectivity index (χ2v) is 10.4. The zero-order chi connectivity index (χ0) is 22.5. The number of rotatable bonds is 4. The molecule has 172 valence electrons. The number of hydrogen-bond acceptors (Lipinski definition) is 7. The Balaban J connectivity index is 1.13. The largest absolute Gasteiger partial charge is 0.354 e. The van der Waals surface area contributed by atoms with E-state index in [1.165, 1.54) is 15.3 Å². The van der Waals surface area contributed by atoms with E-state index in [0.29, 0.717) is 6.54 Å². The molecule has 0 amide bonds. The van der Waals surface area contributed by atoms with Gasteiger partial charge in [0.05, 0.1) is 56.4 Å². The van der Waals surface area contributed by atoms with Crippen molar-refractivity contribution in [2.45, 2.75) is 26.4 Å². The molecule has 2 aliphatic rings. The Labute approximate surface area is 196 Å². The summed E-state index contributed by atoms with van der Waals surface area (Å²) in [5.41, 5.74) is 3.36. The number of aromatic nitrogens is 3. The lowest BCUT2D eigenvalue weighted by Gasteiger charge is -2.32. The molecule has 0 radical (unpaired) electrons. The summed E-state index contributed by atoms with van der Waals surface area (Å²) in [5.74, 6) is 0.950. The molecule has 0 aliphatic carbocycles. The van der Waals surface area contributed by atoms with E-state index in [2.05, 4.69) is 52.1 Å². The molecule has 0 bridgehead atoms. The summed E-state index contributed by atoms with van der Waals surface area (Å²) in [6, 6.07) is 6.20. The van der Waals surface area contributed by atoms with E-state index in [9.17, 15) is 4.79 Å². The number of fused-ring (bicyclic) bond motifs is 4. The van der Waals surface area contributed by atoms with Crippen LogP contribution in [0.3, 0.4) is 0 Å². The third kappa shape index (κ3) is 3.64. The number of nitrogens with zero attached hydrogens (tertiary/aromatic N) is 5. The summed E-state index contributed by atoms with van der Waals surface area (Å²) < 4.78 is 7.43. The van der Waals surface area contributed by atoms with Crippen LogP contribution >= 0.6 is 11.3 Å². The van der Waals surface area contributed by atoms with Crippen molar-refractivity contribution in [3.8, 4) is 0 Å². The molecule has 9 heteroatoms. The molecule has 6 rings (SSSR count). The van der Waals surface area contributed by atoms with Crippen LogP contribution in [0.25, 0.3) is 21.2 Å². The molecule has 8 nitrogen and oxygen atoms in total. The normalized spacial score (nSPS) is 17.8. The van der Waals surface area contributed by atoms with Crippen LogP contribution < -0.4 is 15.4 Å². The monoisotopic (exact) mass is 465 g/mol. The first-order chi connectivity index (χ1) is 16.1. The van der Waals surface area contributed by atoms with Crippen LogP contribution in [0.1, 0.15) is 16.0 Å². The Bertz CT molecular complexity index is 1380. The van der Waals surface area contributed by atoms with Gasteiger partial charge in [-0.25, -0.2) is 4.98 Å². The van der Waals surface area contributed by atoms with Crippen molar-refractivity contribution in [3.63, 3.8) is 0 Å². The number of hydrogen-bond donors (Lipinski definition) is 1. The second kappa shape index (κ2) is 8.23. The van der Waals surface area contributed by atoms with E-state index in [4.69, 9.17) is 4.52 Å². The van der Waals surface area contributed by atoms with Crippen LogP contribution in [0.5, 0.6) is 0 Å². The molecule has 33 heavy (non-hydrogen) atoms. The van der Waals surface area contributed by atoms with Gasteiger partial charge in [-0.3, -0.25) is 9.36 Å². The minimum Gasteiger partial charge on any atom is -0.354 e. The lowest BCUT2D eigenvalue weighted by atomic mass is 10.1. The van der Waals surface area contributed by atoms with Gasteiger partial charge in [0.1, 0.15) is 4.83 Å². The Morgan fingerprint density at radius 1 is 1.21 bits per heavy atom. The Morgan fingerprint density at radius 2 is 2.06 bits per heavy atom. The van der Waals surface area contributed by atoms with Crippen molar-refractivity contribution in [2.75, 3.05) is 51.2 Å². The maximum Gasteiger partial charge on any atom is 0.262 e. The molecule has 1 fully saturated rings. The standard InChI is InChI=1S/C24H28N6O2S/c1-16-4-3-5-18-21(16)32-26-22(18)29-11-8-28(9-12-29)10-13-30-15-25-23-20(24(30)31)17-6-7-27(2)14-19(17)33-23/h3-5,15H,6-14H2,1-2H3/p+1. The van der Waals surface area contributed by atoms with Gasteiger partial charge in [0.2, 0.25) is 0 Å². The average molecular weight is 466 g/mol. The van der Waals surface area contributed by atoms with E-state index < -0.39 is 0 Å². The van der Waals surface area contributed by atoms with Crippen molar-refractivity contribution in [1.29, 1.82) is 0 Å². The quantitative estimate of drug-likeness (QED) is 0.490. The maximum atomic E-state index is 13.3. The van der Waals surface area contributed by atoms with E-state index in [1.807, 2.05) is 4.57 Å². The number of aryl methyl sites for hydroxylation is 1. The Morgan fingerprint density at radius 3 is 2.91 bits per heavy atom. The fourth-order valence-corrected chi connectivity index (χ4v) is 6.44. The highest BCUT2D eigenvalue weighted by Gasteiger charge is 2.25. The second-order valence-electron chi connectivity index (χ2n) is 9.36. The van der Waals surface area contributed by atoms with Crippen LogP contribution in [-0.2, 0) is 19.5 Å². The number of para-hydroxylation sites is 1. The van der Waals surface area contributed by atoms with Crippen molar-refractivity contribution in [3.05, 3.63) is 50.9 Å². The van der Waals surface area contributed by atoms with Gasteiger partial charge < -0.3 is 19.2 Å². The van der Waals surface area contributed by atoms with Crippen molar-refractivity contribution < 1.29 is 9.42 Å². The smallest absolute Gasteiger partial charge is 0.262 e. The van der Waals surface area contributed by atoms with Gasteiger partial charge in [-0.05, 0) is 37.6 Å². The Hall–Kier alpha value is -2.75. The van der Waals surface area contributed by atoms with Gasteiger partial charge in [-0.2, -0.15) is 0 Å². The van der Waals surface area contributed by atoms with Gasteiger partial charge >= 0.3 is 0 Å². The maximum absolute atomic E-state index is 13.3. The van der Waals surface area contributed by atoms with Crippen LogP contribution in [0.15, 0.2) is 33.8 Å². The van der Waals surface area contributed by atoms with Crippen LogP contribution in [0, 0.1) is 6.92 Å². The number of nitrogens with one attached hydrogen (secondary N) is 1. The number of anilines is 1. The summed E-state index contributed by atoms with van der Waals surface area (Å²) >= 11 is 1.68. The van der Waals surface area contributed by atoms with Crippen LogP contribution in [-0.4, -0.2) is 65.9 Å². The first-order valence-corrected chi connectivity index (χ1v) is 12.5. The number of quaternary nitrogens is 1. The molecule has 0 atom stereocenters. The highest BCUT2D eigenvalue weighted by molar-refractivity contribution is 7.18. The predicted octanol–water partition coefficient (Wildman–Crippen LogP) is 1.30. The lowest BCUT2D eigenvalue weighted by Crippen LogP contribution is -3.15. The topological polar surface area (TPSA) is 71.8 Å². The predicted molar refractivity (Wildman–Crippen MR) is 130 cm³/mol. The number of benzene rings is 1. The van der Waals surface area contributed by atoms with E-state index in [-0.39, 0.29) is 5.56 Å². The van der Waals surface area contributed by atoms with Crippen molar-refractivity contribution in [2.24, 2.45) is 0 Å². The molecule has 3 aromatic heterocycles. The molecule has 0 saturated carbocycles. The minimum atomic E-state index is 0.129. The van der Waals surface area contributed by atoms with Crippen LogP contribution in [0.2, 0.25) is 0 Å². The molecule has 2 aliphatic heterocycles. The molecule has 1 saturated heterocycles. The van der Waals surface area contributed by atoms with Gasteiger partial charge in [-0.15, -0.1) is 11.3 Å². The van der Waals surface area contributed by atoms with Gasteiger partial charge in [-0.1, -0.05) is 17.3 Å². The van der Waals surface area contributed by atoms with Crippen LogP contribution in [0.4, 0.5) is 5.82 Å². The highest BCUT2D eigenvalue weighted by atomic mass is 32.1. The first-order valence-electron chi connectivity index (χ1n) is 11.7. The summed E-state index contributed by atoms with van der Waals surface area (Å²) in [6.45, 7) is 9.51. The molecule has 1 N–H and O–H groups in total. The molecular weight excluding hydrogens is 436 g/mol. The molecular formula is C24H29N6O2S+. The van der Waals surface area contributed by atoms with Crippen molar-refractivity contribution >= 4 is 38.3 Å². The van der Waals surface area contributed by atoms with E-state index in [0.717, 1.165) is 84.8 Å². The number of piperazine rings is 1. The number of thiophene rings is 1. The molecule has 0 unspecified atom stereocenters. The lowest BCUT2D eigenvalue weighted by molar-refractivity contribution is -0.901. The zero-order valence-electron chi connectivity index (χ0n) is 19.1. The average Bonchev–Trinajstić information content (AvgIpc) is 3.41. The summed E-state index contributed by atoms with van der Waals surface area (Å²) in [5, 5.41) is 6.31. The van der Waals surface area contributed by atoms with E-state index in [1.54, 1.807) is 17.7 Å². The van der Waals surface area contributed by atoms with Gasteiger partial charge in [0.25, 0.3) is 5.56 Å². The number of likely N-dealkylation sites (N-methyl/N-ethyl adjacent to an activating group) is 1. The zero-order valence-corrected chi connectivity index (χ0v) is 20.0. The summed E-state index contributed by atoms with van der Waals surface area (Å²) in [6.07, 6.45) is 2.69. The Kier molecular flexibility index (Phi) is 5.20. The highest BCUT2D eigenvalue weighted by Crippen LogP contribution is 2.31.